The highest BCUT2D eigenvalue weighted by molar-refractivity contribution is 7.09. The summed E-state index contributed by atoms with van der Waals surface area (Å²) in [5.41, 5.74) is 3.33. The molecule has 0 amide bonds. The van der Waals surface area contributed by atoms with Gasteiger partial charge in [-0.15, -0.1) is 22.9 Å². The normalized spacial score (nSPS) is 10.6. The van der Waals surface area contributed by atoms with E-state index in [1.54, 1.807) is 11.3 Å². The lowest BCUT2D eigenvalue weighted by molar-refractivity contribution is 0.833. The molecule has 2 heterocycles. The summed E-state index contributed by atoms with van der Waals surface area (Å²) in [5.74, 6) is 0.504. The van der Waals surface area contributed by atoms with Crippen LogP contribution in [-0.4, -0.2) is 11.5 Å². The Balaban J connectivity index is 2.28. The lowest BCUT2D eigenvalue weighted by Crippen LogP contribution is -2.23. The fourth-order valence-corrected chi connectivity index (χ4v) is 2.85. The van der Waals surface area contributed by atoms with E-state index in [0.29, 0.717) is 5.88 Å². The third kappa shape index (κ3) is 3.03. The van der Waals surface area contributed by atoms with Gasteiger partial charge in [0, 0.05) is 34.6 Å². The summed E-state index contributed by atoms with van der Waals surface area (Å²) < 4.78 is 0. The molecule has 0 radical (unpaired) electrons. The molecule has 0 spiro atoms. The van der Waals surface area contributed by atoms with Gasteiger partial charge in [-0.05, 0) is 31.4 Å². The van der Waals surface area contributed by atoms with Gasteiger partial charge in [0.15, 0.2) is 0 Å². The summed E-state index contributed by atoms with van der Waals surface area (Å²) in [6, 6.07) is 6.38. The summed E-state index contributed by atoms with van der Waals surface area (Å²) in [4.78, 5) is 8.03. The fraction of sp³-hybridized carbons (Fsp3) is 0.357. The number of nitrogens with zero attached hydrogens (tertiary/aromatic N) is 2. The van der Waals surface area contributed by atoms with Gasteiger partial charge in [-0.1, -0.05) is 6.07 Å². The van der Waals surface area contributed by atoms with Gasteiger partial charge < -0.3 is 4.90 Å². The predicted molar refractivity (Wildman–Crippen MR) is 79.6 cm³/mol. The second kappa shape index (κ2) is 6.21. The quantitative estimate of drug-likeness (QED) is 0.763. The lowest BCUT2D eigenvalue weighted by atomic mass is 10.2. The van der Waals surface area contributed by atoms with Crippen LogP contribution in [0.3, 0.4) is 0 Å². The molecule has 0 bridgehead atoms. The number of alkyl halides is 1. The second-order valence-electron chi connectivity index (χ2n) is 4.18. The second-order valence-corrected chi connectivity index (χ2v) is 5.48. The number of anilines is 1. The van der Waals surface area contributed by atoms with Gasteiger partial charge in [-0.2, -0.15) is 0 Å². The van der Waals surface area contributed by atoms with Crippen molar-refractivity contribution in [2.45, 2.75) is 26.3 Å². The highest BCUT2D eigenvalue weighted by Gasteiger charge is 2.11. The van der Waals surface area contributed by atoms with E-state index in [-0.39, 0.29) is 0 Å². The van der Waals surface area contributed by atoms with Gasteiger partial charge in [0.05, 0.1) is 12.4 Å². The number of hydrogen-bond donors (Lipinski definition) is 0. The van der Waals surface area contributed by atoms with E-state index < -0.39 is 0 Å². The van der Waals surface area contributed by atoms with Crippen molar-refractivity contribution in [3.05, 3.63) is 45.9 Å². The Labute approximate surface area is 117 Å². The molecule has 0 aliphatic carbocycles. The minimum absolute atomic E-state index is 0.504. The van der Waals surface area contributed by atoms with Crippen molar-refractivity contribution in [3.63, 3.8) is 0 Å². The average Bonchev–Trinajstić information content (AvgIpc) is 2.88. The van der Waals surface area contributed by atoms with Crippen LogP contribution in [0.5, 0.6) is 0 Å². The molecule has 2 aromatic heterocycles. The number of halogens is 1. The molecule has 0 N–H and O–H groups in total. The number of rotatable bonds is 5. The maximum Gasteiger partial charge on any atom is 0.0522 e. The zero-order chi connectivity index (χ0) is 13.0. The molecule has 0 saturated heterocycles. The van der Waals surface area contributed by atoms with Crippen molar-refractivity contribution in [2.75, 3.05) is 11.4 Å². The Morgan fingerprint density at radius 2 is 2.28 bits per heavy atom. The van der Waals surface area contributed by atoms with Crippen molar-refractivity contribution in [1.82, 2.24) is 4.98 Å². The van der Waals surface area contributed by atoms with Crippen LogP contribution in [0, 0.1) is 6.92 Å². The van der Waals surface area contributed by atoms with Crippen molar-refractivity contribution in [2.24, 2.45) is 0 Å². The molecule has 4 heteroatoms. The van der Waals surface area contributed by atoms with Crippen LogP contribution in [0.25, 0.3) is 0 Å². The van der Waals surface area contributed by atoms with E-state index >= 15 is 0 Å². The Kier molecular flexibility index (Phi) is 4.61. The highest BCUT2D eigenvalue weighted by Crippen LogP contribution is 2.25. The minimum atomic E-state index is 0.504. The van der Waals surface area contributed by atoms with E-state index in [1.807, 2.05) is 13.1 Å². The van der Waals surface area contributed by atoms with Gasteiger partial charge in [0.25, 0.3) is 0 Å². The topological polar surface area (TPSA) is 16.1 Å². The molecule has 2 aromatic rings. The molecular formula is C14H17ClN2S. The van der Waals surface area contributed by atoms with Crippen LogP contribution in [0.2, 0.25) is 0 Å². The SMILES string of the molecule is CCN(Cc1cccs1)c1cc(C)ncc1CCl. The summed E-state index contributed by atoms with van der Waals surface area (Å²) in [7, 11) is 0. The van der Waals surface area contributed by atoms with Gasteiger partial charge in [0.1, 0.15) is 0 Å². The molecule has 2 rings (SSSR count). The molecule has 0 fully saturated rings. The molecule has 2 nitrogen and oxygen atoms in total. The van der Waals surface area contributed by atoms with Crippen molar-refractivity contribution in [1.29, 1.82) is 0 Å². The van der Waals surface area contributed by atoms with Crippen LogP contribution < -0.4 is 4.90 Å². The molecule has 18 heavy (non-hydrogen) atoms. The lowest BCUT2D eigenvalue weighted by Gasteiger charge is -2.25. The van der Waals surface area contributed by atoms with Crippen LogP contribution in [0.4, 0.5) is 5.69 Å². The first-order chi connectivity index (χ1) is 8.74. The maximum absolute atomic E-state index is 6.00. The van der Waals surface area contributed by atoms with Crippen molar-refractivity contribution < 1.29 is 0 Å². The fourth-order valence-electron chi connectivity index (χ4n) is 1.93. The first kappa shape index (κ1) is 13.4. The Morgan fingerprint density at radius 3 is 2.89 bits per heavy atom. The Hall–Kier alpha value is -1.06. The molecule has 0 saturated carbocycles. The van der Waals surface area contributed by atoms with Gasteiger partial charge >= 0.3 is 0 Å². The van der Waals surface area contributed by atoms with E-state index in [1.165, 1.54) is 10.6 Å². The first-order valence-electron chi connectivity index (χ1n) is 6.03. The van der Waals surface area contributed by atoms with E-state index in [2.05, 4.69) is 40.4 Å². The predicted octanol–water partition coefficient (Wildman–Crippen LogP) is 4.22. The van der Waals surface area contributed by atoms with Crippen LogP contribution in [-0.2, 0) is 12.4 Å². The first-order valence-corrected chi connectivity index (χ1v) is 7.44. The molecule has 0 aromatic carbocycles. The third-order valence-corrected chi connectivity index (χ3v) is 4.04. The van der Waals surface area contributed by atoms with Gasteiger partial charge in [0.2, 0.25) is 0 Å². The van der Waals surface area contributed by atoms with E-state index in [0.717, 1.165) is 24.3 Å². The number of thiophene rings is 1. The van der Waals surface area contributed by atoms with E-state index in [4.69, 9.17) is 11.6 Å². The largest absolute Gasteiger partial charge is 0.366 e. The highest BCUT2D eigenvalue weighted by atomic mass is 35.5. The monoisotopic (exact) mass is 280 g/mol. The Morgan fingerprint density at radius 1 is 1.44 bits per heavy atom. The Bertz CT molecular complexity index is 497. The number of aromatic nitrogens is 1. The van der Waals surface area contributed by atoms with Crippen LogP contribution in [0.15, 0.2) is 29.8 Å². The number of pyridine rings is 1. The van der Waals surface area contributed by atoms with Crippen molar-refractivity contribution in [3.8, 4) is 0 Å². The molecule has 0 aliphatic rings. The van der Waals surface area contributed by atoms with Gasteiger partial charge in [-0.3, -0.25) is 4.98 Å². The summed E-state index contributed by atoms with van der Waals surface area (Å²) in [6.07, 6.45) is 1.88. The standard InChI is InChI=1S/C14H17ClN2S/c1-3-17(10-13-5-4-6-18-13)14-7-11(2)16-9-12(14)8-15/h4-7,9H,3,8,10H2,1-2H3. The molecular weight excluding hydrogens is 264 g/mol. The molecule has 0 atom stereocenters. The molecule has 96 valence electrons. The average molecular weight is 281 g/mol. The number of hydrogen-bond acceptors (Lipinski definition) is 3. The summed E-state index contributed by atoms with van der Waals surface area (Å²) in [6.45, 7) is 6.08. The maximum atomic E-state index is 6.00. The van der Waals surface area contributed by atoms with E-state index in [9.17, 15) is 0 Å². The summed E-state index contributed by atoms with van der Waals surface area (Å²) >= 11 is 7.79. The van der Waals surface area contributed by atoms with Gasteiger partial charge in [-0.25, -0.2) is 0 Å². The van der Waals surface area contributed by atoms with Crippen LogP contribution in [0.1, 0.15) is 23.1 Å². The summed E-state index contributed by atoms with van der Waals surface area (Å²) in [5, 5.41) is 2.11. The van der Waals surface area contributed by atoms with Crippen molar-refractivity contribution >= 4 is 28.6 Å². The zero-order valence-electron chi connectivity index (χ0n) is 10.7. The number of aryl methyl sites for hydroxylation is 1. The minimum Gasteiger partial charge on any atom is -0.366 e. The van der Waals surface area contributed by atoms with Crippen LogP contribution >= 0.6 is 22.9 Å². The molecule has 0 aliphatic heterocycles. The molecule has 0 unspecified atom stereocenters. The zero-order valence-corrected chi connectivity index (χ0v) is 12.3. The smallest absolute Gasteiger partial charge is 0.0522 e. The third-order valence-electron chi connectivity index (χ3n) is 2.89.